The maximum atomic E-state index is 12.1. The van der Waals surface area contributed by atoms with Crippen molar-refractivity contribution in [2.45, 2.75) is 18.9 Å². The van der Waals surface area contributed by atoms with Crippen LogP contribution in [0.3, 0.4) is 0 Å². The lowest BCUT2D eigenvalue weighted by atomic mass is 10.1. The molecular weight excluding hydrogens is 326 g/mol. The number of amides is 1. The van der Waals surface area contributed by atoms with Crippen LogP contribution in [-0.2, 0) is 11.2 Å². The molecule has 7 heteroatoms. The van der Waals surface area contributed by atoms with Gasteiger partial charge in [0.05, 0.1) is 12.6 Å². The summed E-state index contributed by atoms with van der Waals surface area (Å²) in [6.07, 6.45) is 0.574. The Bertz CT molecular complexity index is 772. The summed E-state index contributed by atoms with van der Waals surface area (Å²) >= 11 is 1.56. The zero-order chi connectivity index (χ0) is 16.8. The molecule has 1 atom stereocenters. The van der Waals surface area contributed by atoms with E-state index in [0.717, 1.165) is 11.1 Å². The summed E-state index contributed by atoms with van der Waals surface area (Å²) < 4.78 is 5.17. The van der Waals surface area contributed by atoms with Crippen molar-refractivity contribution in [1.29, 1.82) is 0 Å². The number of aliphatic hydroxyl groups is 1. The van der Waals surface area contributed by atoms with Gasteiger partial charge in [0.1, 0.15) is 0 Å². The van der Waals surface area contributed by atoms with Crippen molar-refractivity contribution < 1.29 is 14.4 Å². The third-order valence-corrected chi connectivity index (χ3v) is 4.22. The van der Waals surface area contributed by atoms with Crippen molar-refractivity contribution in [1.82, 2.24) is 15.5 Å². The van der Waals surface area contributed by atoms with Crippen molar-refractivity contribution in [2.75, 3.05) is 6.61 Å². The fraction of sp³-hybridized carbons (Fsp3) is 0.235. The second kappa shape index (κ2) is 7.85. The highest BCUT2D eigenvalue weighted by Gasteiger charge is 2.15. The molecule has 0 spiro atoms. The lowest BCUT2D eigenvalue weighted by molar-refractivity contribution is -0.122. The third kappa shape index (κ3) is 4.06. The van der Waals surface area contributed by atoms with Crippen molar-refractivity contribution in [3.05, 3.63) is 58.6 Å². The van der Waals surface area contributed by atoms with Crippen molar-refractivity contribution in [3.8, 4) is 11.4 Å². The molecule has 1 amide bonds. The monoisotopic (exact) mass is 343 g/mol. The summed E-state index contributed by atoms with van der Waals surface area (Å²) in [7, 11) is 0. The number of carbonyl (C=O) groups is 1. The minimum absolute atomic E-state index is 0.154. The minimum Gasteiger partial charge on any atom is -0.394 e. The van der Waals surface area contributed by atoms with E-state index in [0.29, 0.717) is 18.1 Å². The van der Waals surface area contributed by atoms with Crippen LogP contribution >= 0.6 is 11.3 Å². The maximum Gasteiger partial charge on any atom is 0.227 e. The Labute approximate surface area is 143 Å². The molecule has 0 fully saturated rings. The summed E-state index contributed by atoms with van der Waals surface area (Å²) in [5, 5.41) is 20.1. The molecule has 2 N–H and O–H groups in total. The Kier molecular flexibility index (Phi) is 5.35. The quantitative estimate of drug-likeness (QED) is 0.688. The van der Waals surface area contributed by atoms with Crippen LogP contribution in [0.2, 0.25) is 0 Å². The second-order valence-electron chi connectivity index (χ2n) is 5.24. The molecule has 0 aliphatic carbocycles. The van der Waals surface area contributed by atoms with Crippen LogP contribution in [0.15, 0.2) is 51.7 Å². The normalized spacial score (nSPS) is 12.0. The Morgan fingerprint density at radius 2 is 2.12 bits per heavy atom. The number of hydrogen-bond acceptors (Lipinski definition) is 6. The number of nitrogens with one attached hydrogen (secondary N) is 1. The Balaban J connectivity index is 1.54. The van der Waals surface area contributed by atoms with Gasteiger partial charge in [-0.3, -0.25) is 4.79 Å². The number of nitrogens with zero attached hydrogens (tertiary/aromatic N) is 2. The average molecular weight is 343 g/mol. The van der Waals surface area contributed by atoms with E-state index in [1.807, 2.05) is 47.2 Å². The zero-order valence-corrected chi connectivity index (χ0v) is 13.7. The van der Waals surface area contributed by atoms with Gasteiger partial charge in [-0.05, 0) is 17.0 Å². The lowest BCUT2D eigenvalue weighted by Gasteiger charge is -2.16. The molecule has 1 aromatic carbocycles. The van der Waals surface area contributed by atoms with Gasteiger partial charge < -0.3 is 14.9 Å². The molecule has 0 bridgehead atoms. The molecule has 24 heavy (non-hydrogen) atoms. The van der Waals surface area contributed by atoms with Crippen LogP contribution in [0.25, 0.3) is 11.4 Å². The number of hydrogen-bond donors (Lipinski definition) is 2. The zero-order valence-electron chi connectivity index (χ0n) is 12.9. The number of benzene rings is 1. The highest BCUT2D eigenvalue weighted by Crippen LogP contribution is 2.19. The van der Waals surface area contributed by atoms with E-state index >= 15 is 0 Å². The Morgan fingerprint density at radius 3 is 2.83 bits per heavy atom. The van der Waals surface area contributed by atoms with Crippen LogP contribution in [0.4, 0.5) is 0 Å². The van der Waals surface area contributed by atoms with Gasteiger partial charge >= 0.3 is 0 Å². The van der Waals surface area contributed by atoms with E-state index < -0.39 is 6.04 Å². The fourth-order valence-electron chi connectivity index (χ4n) is 2.27. The van der Waals surface area contributed by atoms with Crippen LogP contribution in [0.5, 0.6) is 0 Å². The van der Waals surface area contributed by atoms with E-state index in [4.69, 9.17) is 4.52 Å². The first-order valence-corrected chi connectivity index (χ1v) is 8.51. The molecule has 124 valence electrons. The lowest BCUT2D eigenvalue weighted by Crippen LogP contribution is -2.30. The van der Waals surface area contributed by atoms with Gasteiger partial charge in [0.15, 0.2) is 0 Å². The van der Waals surface area contributed by atoms with E-state index in [1.54, 1.807) is 11.3 Å². The number of aliphatic hydroxyl groups excluding tert-OH is 1. The standard InChI is InChI=1S/C17H17N3O3S/c21-10-14(12-4-2-1-3-5-12)18-15(22)6-7-16-19-17(20-23-16)13-8-9-24-11-13/h1-5,8-9,11,14,21H,6-7,10H2,(H,18,22). The highest BCUT2D eigenvalue weighted by atomic mass is 32.1. The highest BCUT2D eigenvalue weighted by molar-refractivity contribution is 7.08. The van der Waals surface area contributed by atoms with Gasteiger partial charge in [-0.25, -0.2) is 0 Å². The molecule has 0 aliphatic rings. The average Bonchev–Trinajstić information content (AvgIpc) is 3.29. The molecule has 1 unspecified atom stereocenters. The van der Waals surface area contributed by atoms with Gasteiger partial charge in [0, 0.05) is 23.8 Å². The van der Waals surface area contributed by atoms with Crippen LogP contribution in [0, 0.1) is 0 Å². The first-order chi connectivity index (χ1) is 11.8. The van der Waals surface area contributed by atoms with Gasteiger partial charge in [0.25, 0.3) is 0 Å². The molecule has 3 aromatic rings. The van der Waals surface area contributed by atoms with Gasteiger partial charge in [-0.1, -0.05) is 35.5 Å². The molecule has 0 aliphatic heterocycles. The van der Waals surface area contributed by atoms with Crippen LogP contribution in [-0.4, -0.2) is 27.8 Å². The van der Waals surface area contributed by atoms with Crippen molar-refractivity contribution in [3.63, 3.8) is 0 Å². The third-order valence-electron chi connectivity index (χ3n) is 3.53. The van der Waals surface area contributed by atoms with Crippen LogP contribution in [0.1, 0.15) is 23.9 Å². The number of aromatic nitrogens is 2. The first-order valence-electron chi connectivity index (χ1n) is 7.56. The molecule has 3 rings (SSSR count). The summed E-state index contributed by atoms with van der Waals surface area (Å²) in [5.41, 5.74) is 1.77. The SMILES string of the molecule is O=C(CCc1nc(-c2ccsc2)no1)NC(CO)c1ccccc1. The van der Waals surface area contributed by atoms with Gasteiger partial charge in [0.2, 0.25) is 17.6 Å². The molecule has 0 saturated heterocycles. The van der Waals surface area contributed by atoms with Crippen LogP contribution < -0.4 is 5.32 Å². The molecule has 2 aromatic heterocycles. The van der Waals surface area contributed by atoms with E-state index in [2.05, 4.69) is 15.5 Å². The van der Waals surface area contributed by atoms with E-state index in [1.165, 1.54) is 0 Å². The topological polar surface area (TPSA) is 88.2 Å². The van der Waals surface area contributed by atoms with Crippen molar-refractivity contribution >= 4 is 17.2 Å². The predicted octanol–water partition coefficient (Wildman–Crippen LogP) is 2.58. The number of rotatable bonds is 7. The molecule has 0 saturated carbocycles. The van der Waals surface area contributed by atoms with Gasteiger partial charge in [-0.15, -0.1) is 0 Å². The summed E-state index contributed by atoms with van der Waals surface area (Å²) in [5.74, 6) is 0.781. The summed E-state index contributed by atoms with van der Waals surface area (Å²) in [4.78, 5) is 16.4. The summed E-state index contributed by atoms with van der Waals surface area (Å²) in [6.45, 7) is -0.154. The minimum atomic E-state index is -0.414. The Morgan fingerprint density at radius 1 is 1.29 bits per heavy atom. The van der Waals surface area contributed by atoms with Crippen molar-refractivity contribution in [2.24, 2.45) is 0 Å². The maximum absolute atomic E-state index is 12.1. The van der Waals surface area contributed by atoms with Gasteiger partial charge in [-0.2, -0.15) is 16.3 Å². The molecule has 2 heterocycles. The smallest absolute Gasteiger partial charge is 0.227 e. The predicted molar refractivity (Wildman–Crippen MR) is 90.3 cm³/mol. The first kappa shape index (κ1) is 16.4. The molecule has 0 radical (unpaired) electrons. The summed E-state index contributed by atoms with van der Waals surface area (Å²) in [6, 6.07) is 10.9. The number of thiophene rings is 1. The van der Waals surface area contributed by atoms with E-state index in [-0.39, 0.29) is 18.9 Å². The largest absolute Gasteiger partial charge is 0.394 e. The molecule has 6 nitrogen and oxygen atoms in total. The molecular formula is C17H17N3O3S. The number of aryl methyl sites for hydroxylation is 1. The second-order valence-corrected chi connectivity index (χ2v) is 6.02. The number of carbonyl (C=O) groups excluding carboxylic acids is 1. The fourth-order valence-corrected chi connectivity index (χ4v) is 2.91. The Hall–Kier alpha value is -2.51. The van der Waals surface area contributed by atoms with E-state index in [9.17, 15) is 9.90 Å².